The predicted octanol–water partition coefficient (Wildman–Crippen LogP) is 3.32. The van der Waals surface area contributed by atoms with Gasteiger partial charge in [-0.1, -0.05) is 12.8 Å². The van der Waals surface area contributed by atoms with Crippen molar-refractivity contribution in [1.29, 1.82) is 0 Å². The van der Waals surface area contributed by atoms with Crippen LogP contribution in [-0.4, -0.2) is 19.2 Å². The Labute approximate surface area is 116 Å². The topological polar surface area (TPSA) is 47.3 Å². The Morgan fingerprint density at radius 1 is 1.32 bits per heavy atom. The van der Waals surface area contributed by atoms with Crippen LogP contribution < -0.4 is 15.8 Å². The van der Waals surface area contributed by atoms with Crippen LogP contribution in [0.25, 0.3) is 0 Å². The zero-order valence-electron chi connectivity index (χ0n) is 12.1. The van der Waals surface area contributed by atoms with Crippen molar-refractivity contribution in [3.63, 3.8) is 0 Å². The lowest BCUT2D eigenvalue weighted by Crippen LogP contribution is -2.36. The molecule has 1 aromatic carbocycles. The number of hydrogen-bond donors (Lipinski definition) is 2. The third kappa shape index (κ3) is 3.63. The Bertz CT molecular complexity index is 406. The Hall–Kier alpha value is -1.22. The number of anilines is 1. The van der Waals surface area contributed by atoms with Crippen molar-refractivity contribution in [1.82, 2.24) is 0 Å². The van der Waals surface area contributed by atoms with Crippen molar-refractivity contribution >= 4 is 5.69 Å². The van der Waals surface area contributed by atoms with Gasteiger partial charge in [-0.3, -0.25) is 0 Å². The Kier molecular flexibility index (Phi) is 5.08. The van der Waals surface area contributed by atoms with Crippen molar-refractivity contribution in [2.75, 3.05) is 18.5 Å². The zero-order valence-corrected chi connectivity index (χ0v) is 12.1. The summed E-state index contributed by atoms with van der Waals surface area (Å²) in [5, 5.41) is 3.68. The summed E-state index contributed by atoms with van der Waals surface area (Å²) < 4.78 is 5.53. The van der Waals surface area contributed by atoms with E-state index in [9.17, 15) is 0 Å². The average Bonchev–Trinajstić information content (AvgIpc) is 2.43. The van der Waals surface area contributed by atoms with E-state index in [1.807, 2.05) is 13.0 Å². The maximum Gasteiger partial charge on any atom is 0.119 e. The minimum Gasteiger partial charge on any atom is -0.494 e. The molecular formula is C16H26N2O. The van der Waals surface area contributed by atoms with Gasteiger partial charge in [0.2, 0.25) is 0 Å². The Morgan fingerprint density at radius 2 is 2.11 bits per heavy atom. The first-order valence-electron chi connectivity index (χ1n) is 7.44. The third-order valence-electron chi connectivity index (χ3n) is 4.06. The van der Waals surface area contributed by atoms with E-state index in [1.54, 1.807) is 0 Å². The molecule has 1 aromatic rings. The molecule has 2 atom stereocenters. The molecule has 0 aliphatic heterocycles. The van der Waals surface area contributed by atoms with E-state index in [0.29, 0.717) is 18.6 Å². The minimum absolute atomic E-state index is 0.524. The molecule has 3 nitrogen and oxygen atoms in total. The summed E-state index contributed by atoms with van der Waals surface area (Å²) >= 11 is 0. The maximum absolute atomic E-state index is 5.89. The standard InChI is InChI=1S/C16H26N2O/c1-3-19-14-8-9-15(12(2)10-14)18-16-7-5-4-6-13(16)11-17/h8-10,13,16,18H,3-7,11,17H2,1-2H3. The third-order valence-corrected chi connectivity index (χ3v) is 4.06. The SMILES string of the molecule is CCOc1ccc(NC2CCCCC2CN)c(C)c1. The van der Waals surface area contributed by atoms with Crippen molar-refractivity contribution in [2.45, 2.75) is 45.6 Å². The predicted molar refractivity (Wildman–Crippen MR) is 80.8 cm³/mol. The second-order valence-electron chi connectivity index (χ2n) is 5.44. The molecule has 0 radical (unpaired) electrons. The lowest BCUT2D eigenvalue weighted by molar-refractivity contribution is 0.332. The summed E-state index contributed by atoms with van der Waals surface area (Å²) in [7, 11) is 0. The maximum atomic E-state index is 5.89. The zero-order chi connectivity index (χ0) is 13.7. The molecule has 106 valence electrons. The highest BCUT2D eigenvalue weighted by Crippen LogP contribution is 2.29. The normalized spacial score (nSPS) is 23.1. The molecule has 0 heterocycles. The fourth-order valence-electron chi connectivity index (χ4n) is 2.93. The molecule has 2 rings (SSSR count). The van der Waals surface area contributed by atoms with Gasteiger partial charge in [0.05, 0.1) is 6.61 Å². The van der Waals surface area contributed by atoms with E-state index in [4.69, 9.17) is 10.5 Å². The van der Waals surface area contributed by atoms with Crippen molar-refractivity contribution in [2.24, 2.45) is 11.7 Å². The highest BCUT2D eigenvalue weighted by atomic mass is 16.5. The summed E-state index contributed by atoms with van der Waals surface area (Å²) in [5.74, 6) is 1.56. The van der Waals surface area contributed by atoms with E-state index < -0.39 is 0 Å². The highest BCUT2D eigenvalue weighted by Gasteiger charge is 2.23. The van der Waals surface area contributed by atoms with Gasteiger partial charge in [0, 0.05) is 11.7 Å². The largest absolute Gasteiger partial charge is 0.494 e. The van der Waals surface area contributed by atoms with Crippen molar-refractivity contribution in [3.8, 4) is 5.75 Å². The second kappa shape index (κ2) is 6.80. The fourth-order valence-corrected chi connectivity index (χ4v) is 2.93. The van der Waals surface area contributed by atoms with Gasteiger partial charge in [-0.15, -0.1) is 0 Å². The van der Waals surface area contributed by atoms with Crippen LogP contribution in [0, 0.1) is 12.8 Å². The summed E-state index contributed by atoms with van der Waals surface area (Å²) in [6.07, 6.45) is 5.12. The van der Waals surface area contributed by atoms with Gasteiger partial charge < -0.3 is 15.8 Å². The molecule has 1 fully saturated rings. The monoisotopic (exact) mass is 262 g/mol. The molecule has 0 spiro atoms. The first-order valence-corrected chi connectivity index (χ1v) is 7.44. The van der Waals surface area contributed by atoms with Crippen molar-refractivity contribution < 1.29 is 4.74 Å². The number of nitrogens with one attached hydrogen (secondary N) is 1. The van der Waals surface area contributed by atoms with Gasteiger partial charge in [-0.05, 0) is 62.9 Å². The first kappa shape index (κ1) is 14.2. The number of rotatable bonds is 5. The molecule has 0 aromatic heterocycles. The summed E-state index contributed by atoms with van der Waals surface area (Å²) in [4.78, 5) is 0. The number of nitrogens with two attached hydrogens (primary N) is 1. The van der Waals surface area contributed by atoms with Gasteiger partial charge in [-0.25, -0.2) is 0 Å². The van der Waals surface area contributed by atoms with Gasteiger partial charge in [-0.2, -0.15) is 0 Å². The average molecular weight is 262 g/mol. The first-order chi connectivity index (χ1) is 9.24. The van der Waals surface area contributed by atoms with Crippen LogP contribution in [0.4, 0.5) is 5.69 Å². The minimum atomic E-state index is 0.524. The molecule has 19 heavy (non-hydrogen) atoms. The smallest absolute Gasteiger partial charge is 0.119 e. The number of hydrogen-bond acceptors (Lipinski definition) is 3. The molecule has 2 unspecified atom stereocenters. The summed E-state index contributed by atoms with van der Waals surface area (Å²) in [5.41, 5.74) is 8.35. The number of aryl methyl sites for hydroxylation is 1. The van der Waals surface area contributed by atoms with Crippen LogP contribution >= 0.6 is 0 Å². The Morgan fingerprint density at radius 3 is 2.79 bits per heavy atom. The van der Waals surface area contributed by atoms with Crippen LogP contribution in [0.3, 0.4) is 0 Å². The lowest BCUT2D eigenvalue weighted by Gasteiger charge is -2.32. The van der Waals surface area contributed by atoms with E-state index in [0.717, 1.165) is 12.3 Å². The van der Waals surface area contributed by atoms with Gasteiger partial charge >= 0.3 is 0 Å². The van der Waals surface area contributed by atoms with Gasteiger partial charge in [0.25, 0.3) is 0 Å². The van der Waals surface area contributed by atoms with Crippen LogP contribution in [-0.2, 0) is 0 Å². The molecule has 3 heteroatoms. The van der Waals surface area contributed by atoms with Gasteiger partial charge in [0.15, 0.2) is 0 Å². The van der Waals surface area contributed by atoms with Crippen LogP contribution in [0.1, 0.15) is 38.2 Å². The second-order valence-corrected chi connectivity index (χ2v) is 5.44. The summed E-state index contributed by atoms with van der Waals surface area (Å²) in [6, 6.07) is 6.80. The lowest BCUT2D eigenvalue weighted by atomic mass is 9.84. The number of ether oxygens (including phenoxy) is 1. The molecule has 0 amide bonds. The Balaban J connectivity index is 2.05. The van der Waals surface area contributed by atoms with Crippen molar-refractivity contribution in [3.05, 3.63) is 23.8 Å². The molecule has 3 N–H and O–H groups in total. The quantitative estimate of drug-likeness (QED) is 0.855. The van der Waals surface area contributed by atoms with E-state index >= 15 is 0 Å². The van der Waals surface area contributed by atoms with E-state index in [2.05, 4.69) is 24.4 Å². The summed E-state index contributed by atoms with van der Waals surface area (Å²) in [6.45, 7) is 5.64. The molecule has 1 saturated carbocycles. The molecule has 0 bridgehead atoms. The van der Waals surface area contributed by atoms with E-state index in [1.165, 1.54) is 36.9 Å². The van der Waals surface area contributed by atoms with Crippen LogP contribution in [0.5, 0.6) is 5.75 Å². The number of benzene rings is 1. The fraction of sp³-hybridized carbons (Fsp3) is 0.625. The molecular weight excluding hydrogens is 236 g/mol. The molecule has 0 saturated heterocycles. The molecule has 1 aliphatic rings. The van der Waals surface area contributed by atoms with Crippen LogP contribution in [0.2, 0.25) is 0 Å². The highest BCUT2D eigenvalue weighted by molar-refractivity contribution is 5.54. The molecule has 1 aliphatic carbocycles. The van der Waals surface area contributed by atoms with Gasteiger partial charge in [0.1, 0.15) is 5.75 Å². The van der Waals surface area contributed by atoms with Crippen LogP contribution in [0.15, 0.2) is 18.2 Å². The van der Waals surface area contributed by atoms with E-state index in [-0.39, 0.29) is 0 Å².